The van der Waals surface area contributed by atoms with E-state index in [1.165, 1.54) is 6.07 Å². The second kappa shape index (κ2) is 10.2. The summed E-state index contributed by atoms with van der Waals surface area (Å²) in [6, 6.07) is 12.8. The van der Waals surface area contributed by atoms with Gasteiger partial charge in [0.05, 0.1) is 24.6 Å². The van der Waals surface area contributed by atoms with Crippen molar-refractivity contribution in [1.82, 2.24) is 14.6 Å². The highest BCUT2D eigenvalue weighted by atomic mass is 32.2. The molecule has 1 amide bonds. The molecule has 3 heterocycles. The van der Waals surface area contributed by atoms with Crippen molar-refractivity contribution in [2.45, 2.75) is 36.9 Å². The van der Waals surface area contributed by atoms with E-state index in [4.69, 9.17) is 4.74 Å². The van der Waals surface area contributed by atoms with Crippen molar-refractivity contribution in [3.8, 4) is 11.3 Å². The molecule has 2 aliphatic rings. The fourth-order valence-electron chi connectivity index (χ4n) is 4.95. The highest BCUT2D eigenvalue weighted by Crippen LogP contribution is 2.36. The van der Waals surface area contributed by atoms with E-state index in [1.54, 1.807) is 12.1 Å². The number of morpholine rings is 1. The van der Waals surface area contributed by atoms with Gasteiger partial charge in [-0.05, 0) is 56.2 Å². The van der Waals surface area contributed by atoms with Crippen molar-refractivity contribution < 1.29 is 31.1 Å². The summed E-state index contributed by atoms with van der Waals surface area (Å²) in [6.45, 7) is 2.10. The lowest BCUT2D eigenvalue weighted by Gasteiger charge is -2.33. The topological polar surface area (TPSA) is 94.7 Å². The molecule has 2 N–H and O–H groups in total. The number of carbonyl (C=O) groups is 1. The molecular formula is C26H29F3N4O4S. The molecular weight excluding hydrogens is 521 g/mol. The maximum absolute atomic E-state index is 13.2. The van der Waals surface area contributed by atoms with Crippen LogP contribution >= 0.6 is 0 Å². The minimum Gasteiger partial charge on any atom is -0.371 e. The second-order valence-corrected chi connectivity index (χ2v) is 11.5. The molecule has 3 aromatic rings. The molecule has 0 bridgehead atoms. The normalized spacial score (nSPS) is 18.9. The van der Waals surface area contributed by atoms with Crippen molar-refractivity contribution in [3.05, 3.63) is 48.0 Å². The van der Waals surface area contributed by atoms with E-state index in [9.17, 15) is 26.4 Å². The van der Waals surface area contributed by atoms with Gasteiger partial charge in [-0.2, -0.15) is 13.2 Å². The molecule has 0 unspecified atom stereocenters. The molecule has 0 spiro atoms. The van der Waals surface area contributed by atoms with Gasteiger partial charge >= 0.3 is 6.18 Å². The fourth-order valence-corrected chi connectivity index (χ4v) is 5.96. The van der Waals surface area contributed by atoms with Crippen LogP contribution in [0.15, 0.2) is 47.4 Å². The maximum atomic E-state index is 13.2. The first-order valence-electron chi connectivity index (χ1n) is 12.5. The van der Waals surface area contributed by atoms with Gasteiger partial charge in [-0.3, -0.25) is 4.79 Å². The molecule has 8 nitrogen and oxygen atoms in total. The molecule has 0 aliphatic carbocycles. The van der Waals surface area contributed by atoms with Gasteiger partial charge in [0.25, 0.3) is 0 Å². The quantitative estimate of drug-likeness (QED) is 0.487. The number of halogens is 3. The van der Waals surface area contributed by atoms with Crippen LogP contribution in [-0.2, 0) is 19.6 Å². The number of aryl methyl sites for hydroxylation is 1. The minimum atomic E-state index is -4.60. The Balaban J connectivity index is 1.39. The van der Waals surface area contributed by atoms with Crippen molar-refractivity contribution >= 4 is 32.5 Å². The predicted molar refractivity (Wildman–Crippen MR) is 137 cm³/mol. The highest BCUT2D eigenvalue weighted by Gasteiger charge is 2.44. The van der Waals surface area contributed by atoms with Crippen molar-refractivity contribution in [2.24, 2.45) is 0 Å². The largest absolute Gasteiger partial charge is 0.416 e. The number of fused-ring (bicyclic) bond motifs is 1. The molecule has 38 heavy (non-hydrogen) atoms. The monoisotopic (exact) mass is 550 g/mol. The average molecular weight is 551 g/mol. The Bertz CT molecular complexity index is 1450. The number of hydrogen-bond acceptors (Lipinski definition) is 5. The third-order valence-electron chi connectivity index (χ3n) is 6.99. The summed E-state index contributed by atoms with van der Waals surface area (Å²) in [4.78, 5) is 19.1. The summed E-state index contributed by atoms with van der Waals surface area (Å²) in [5.74, 6) is -0.744. The van der Waals surface area contributed by atoms with E-state index in [0.29, 0.717) is 0 Å². The van der Waals surface area contributed by atoms with Gasteiger partial charge in [-0.25, -0.2) is 13.1 Å². The summed E-state index contributed by atoms with van der Waals surface area (Å²) in [6.07, 6.45) is -4.59. The number of aromatic amines is 1. The molecule has 0 radical (unpaired) electrons. The van der Waals surface area contributed by atoms with Gasteiger partial charge in [-0.15, -0.1) is 0 Å². The summed E-state index contributed by atoms with van der Waals surface area (Å²) in [5.41, 5.74) is 4.43. The number of ether oxygens (including phenoxy) is 1. The van der Waals surface area contributed by atoms with Crippen LogP contribution in [0.5, 0.6) is 0 Å². The molecule has 12 heteroatoms. The smallest absolute Gasteiger partial charge is 0.371 e. The lowest BCUT2D eigenvalue weighted by molar-refractivity contribution is -0.236. The number of hydrogen-bond donors (Lipinski definition) is 2. The van der Waals surface area contributed by atoms with Gasteiger partial charge in [0, 0.05) is 47.5 Å². The first-order chi connectivity index (χ1) is 18.0. The Kier molecular flexibility index (Phi) is 7.14. The zero-order valence-corrected chi connectivity index (χ0v) is 21.7. The Morgan fingerprint density at radius 2 is 1.87 bits per heavy atom. The van der Waals surface area contributed by atoms with Crippen LogP contribution in [0.25, 0.3) is 22.2 Å². The zero-order chi connectivity index (χ0) is 27.1. The molecule has 1 atom stereocenters. The van der Waals surface area contributed by atoms with Crippen LogP contribution in [0.3, 0.4) is 0 Å². The minimum absolute atomic E-state index is 0.0340. The van der Waals surface area contributed by atoms with E-state index in [-0.39, 0.29) is 18.0 Å². The van der Waals surface area contributed by atoms with E-state index in [1.807, 2.05) is 31.2 Å². The number of nitrogens with one attached hydrogen (secondary N) is 2. The van der Waals surface area contributed by atoms with E-state index in [2.05, 4.69) is 14.6 Å². The second-order valence-electron chi connectivity index (χ2n) is 9.71. The number of sulfonamides is 1. The molecule has 2 fully saturated rings. The van der Waals surface area contributed by atoms with Crippen molar-refractivity contribution in [3.63, 3.8) is 0 Å². The third-order valence-corrected chi connectivity index (χ3v) is 8.39. The number of anilines is 1. The Morgan fingerprint density at radius 3 is 2.61 bits per heavy atom. The standard InChI is InChI=1S/C26H29F3N4O4S/c1-17-4-6-21-18(12-17)13-22(31-21)20-14-19(5-7-23(20)32-8-2-3-9-32)38(35,36)30-15-25(34)33-10-11-37-24(16-33)26(27,28)29/h4-7,12-14,24,30-31H,2-3,8-11,15-16H2,1H3/t24-/m0/s1. The number of amides is 1. The highest BCUT2D eigenvalue weighted by molar-refractivity contribution is 7.89. The van der Waals surface area contributed by atoms with E-state index < -0.39 is 41.3 Å². The number of aromatic nitrogens is 1. The SMILES string of the molecule is Cc1ccc2[nH]c(-c3cc(S(=O)(=O)NCC(=O)N4CCO[C@H](C(F)(F)F)C4)ccc3N3CCCC3)cc2c1. The lowest BCUT2D eigenvalue weighted by atomic mass is 10.1. The number of H-pyrrole nitrogens is 1. The lowest BCUT2D eigenvalue weighted by Crippen LogP contribution is -2.53. The summed E-state index contributed by atoms with van der Waals surface area (Å²) >= 11 is 0. The van der Waals surface area contributed by atoms with Crippen molar-refractivity contribution in [2.75, 3.05) is 44.2 Å². The summed E-state index contributed by atoms with van der Waals surface area (Å²) in [7, 11) is -4.13. The van der Waals surface area contributed by atoms with Gasteiger partial charge in [0.1, 0.15) is 0 Å². The van der Waals surface area contributed by atoms with Crippen LogP contribution in [0.1, 0.15) is 18.4 Å². The molecule has 0 saturated carbocycles. The third kappa shape index (κ3) is 5.52. The first kappa shape index (κ1) is 26.5. The van der Waals surface area contributed by atoms with Crippen LogP contribution in [-0.4, -0.2) is 75.8 Å². The average Bonchev–Trinajstić information content (AvgIpc) is 3.56. The fraction of sp³-hybridized carbons (Fsp3) is 0.423. The maximum Gasteiger partial charge on any atom is 0.416 e. The molecule has 2 saturated heterocycles. The first-order valence-corrected chi connectivity index (χ1v) is 13.9. The van der Waals surface area contributed by atoms with Gasteiger partial charge < -0.3 is 19.5 Å². The number of nitrogens with zero attached hydrogens (tertiary/aromatic N) is 2. The summed E-state index contributed by atoms with van der Waals surface area (Å²) < 4.78 is 72.3. The van der Waals surface area contributed by atoms with Gasteiger partial charge in [-0.1, -0.05) is 11.6 Å². The predicted octanol–water partition coefficient (Wildman–Crippen LogP) is 3.81. The summed E-state index contributed by atoms with van der Waals surface area (Å²) in [5, 5.41) is 1.01. The number of rotatable bonds is 6. The molecule has 1 aromatic heterocycles. The zero-order valence-electron chi connectivity index (χ0n) is 20.8. The van der Waals surface area contributed by atoms with Gasteiger partial charge in [0.2, 0.25) is 15.9 Å². The van der Waals surface area contributed by atoms with E-state index >= 15 is 0 Å². The van der Waals surface area contributed by atoms with Crippen molar-refractivity contribution in [1.29, 1.82) is 0 Å². The van der Waals surface area contributed by atoms with E-state index in [0.717, 1.165) is 64.2 Å². The number of benzene rings is 2. The van der Waals surface area contributed by atoms with Gasteiger partial charge in [0.15, 0.2) is 6.10 Å². The molecule has 2 aliphatic heterocycles. The molecule has 204 valence electrons. The Labute approximate surface area is 218 Å². The molecule has 2 aromatic carbocycles. The van der Waals surface area contributed by atoms with Crippen LogP contribution < -0.4 is 9.62 Å². The number of alkyl halides is 3. The number of carbonyl (C=O) groups excluding carboxylic acids is 1. The van der Waals surface area contributed by atoms with Crippen LogP contribution in [0.4, 0.5) is 18.9 Å². The van der Waals surface area contributed by atoms with Crippen LogP contribution in [0, 0.1) is 6.92 Å². The Morgan fingerprint density at radius 1 is 1.11 bits per heavy atom. The molecule has 5 rings (SSSR count). The van der Waals surface area contributed by atoms with Crippen LogP contribution in [0.2, 0.25) is 0 Å². The Hall–Kier alpha value is -3.09.